The minimum Gasteiger partial charge on any atom is -0.443 e. The van der Waals surface area contributed by atoms with Crippen molar-refractivity contribution in [2.24, 2.45) is 16.7 Å². The molecule has 4 rings (SSSR count). The summed E-state index contributed by atoms with van der Waals surface area (Å²) in [4.78, 5) is 0. The summed E-state index contributed by atoms with van der Waals surface area (Å²) in [5.74, 6) is -3.03. The van der Waals surface area contributed by atoms with Crippen molar-refractivity contribution in [2.75, 3.05) is 0 Å². The van der Waals surface area contributed by atoms with Gasteiger partial charge in [-0.25, -0.2) is 0 Å². The van der Waals surface area contributed by atoms with E-state index in [-0.39, 0.29) is 5.02 Å². The highest BCUT2D eigenvalue weighted by atomic mass is 35.5. The molecule has 2 aromatic carbocycles. The van der Waals surface area contributed by atoms with Gasteiger partial charge in [0.2, 0.25) is 17.1 Å². The zero-order valence-electron chi connectivity index (χ0n) is 15.7. The third-order valence-corrected chi connectivity index (χ3v) is 6.63. The lowest BCUT2D eigenvalue weighted by atomic mass is 9.53. The first-order valence-corrected chi connectivity index (χ1v) is 9.78. The standard InChI is InChI=1S/C22H14Cl2N4O2/c1-13-21(12-27)19(28)30-22(13,16-8-7-15(23)9-17(16)24)29-18(20(21,10-25)11-26)14-5-3-2-4-6-14/h2-9,13,18,28H,1H3. The summed E-state index contributed by atoms with van der Waals surface area (Å²) in [6.45, 7) is 1.63. The molecule has 148 valence electrons. The van der Waals surface area contributed by atoms with Crippen LogP contribution < -0.4 is 0 Å². The van der Waals surface area contributed by atoms with Crippen molar-refractivity contribution in [2.45, 2.75) is 18.8 Å². The summed E-state index contributed by atoms with van der Waals surface area (Å²) < 4.78 is 12.3. The third-order valence-electron chi connectivity index (χ3n) is 6.08. The van der Waals surface area contributed by atoms with Crippen LogP contribution in [0, 0.1) is 56.2 Å². The van der Waals surface area contributed by atoms with Crippen LogP contribution in [0.25, 0.3) is 0 Å². The van der Waals surface area contributed by atoms with Gasteiger partial charge in [-0.1, -0.05) is 60.5 Å². The van der Waals surface area contributed by atoms with Gasteiger partial charge in [0.1, 0.15) is 6.10 Å². The van der Waals surface area contributed by atoms with Crippen LogP contribution >= 0.6 is 23.2 Å². The molecule has 2 aliphatic heterocycles. The lowest BCUT2D eigenvalue weighted by Gasteiger charge is -2.49. The van der Waals surface area contributed by atoms with Gasteiger partial charge in [0.15, 0.2) is 5.41 Å². The highest BCUT2D eigenvalue weighted by molar-refractivity contribution is 6.35. The molecule has 4 atom stereocenters. The minimum absolute atomic E-state index is 0.226. The molecule has 2 aromatic rings. The van der Waals surface area contributed by atoms with E-state index in [1.165, 1.54) is 6.07 Å². The second kappa shape index (κ2) is 6.73. The Morgan fingerprint density at radius 2 is 1.67 bits per heavy atom. The van der Waals surface area contributed by atoms with Crippen molar-refractivity contribution >= 4 is 29.1 Å². The molecule has 2 bridgehead atoms. The maximum Gasteiger partial charge on any atom is 0.245 e. The number of nitrogens with one attached hydrogen (secondary N) is 1. The number of ether oxygens (including phenoxy) is 2. The molecule has 30 heavy (non-hydrogen) atoms. The first-order valence-electron chi connectivity index (χ1n) is 9.03. The molecule has 0 aromatic heterocycles. The Labute approximate surface area is 183 Å². The van der Waals surface area contributed by atoms with Crippen molar-refractivity contribution in [1.82, 2.24) is 0 Å². The Kier molecular flexibility index (Phi) is 4.53. The second-order valence-electron chi connectivity index (χ2n) is 7.30. The van der Waals surface area contributed by atoms with Crippen molar-refractivity contribution in [1.29, 1.82) is 21.2 Å². The van der Waals surface area contributed by atoms with E-state index in [4.69, 9.17) is 38.1 Å². The van der Waals surface area contributed by atoms with Gasteiger partial charge in [-0.15, -0.1) is 0 Å². The van der Waals surface area contributed by atoms with Crippen LogP contribution in [0.4, 0.5) is 0 Å². The Bertz CT molecular complexity index is 1170. The summed E-state index contributed by atoms with van der Waals surface area (Å²) in [6, 6.07) is 19.5. The highest BCUT2D eigenvalue weighted by Gasteiger charge is 2.80. The molecule has 2 fully saturated rings. The van der Waals surface area contributed by atoms with Crippen LogP contribution in [0.2, 0.25) is 10.0 Å². The van der Waals surface area contributed by atoms with Crippen LogP contribution in [0.1, 0.15) is 24.2 Å². The normalized spacial score (nSPS) is 31.1. The van der Waals surface area contributed by atoms with Gasteiger partial charge in [-0.2, -0.15) is 15.8 Å². The smallest absolute Gasteiger partial charge is 0.245 e. The predicted octanol–water partition coefficient (Wildman–Crippen LogP) is 5.10. The monoisotopic (exact) mass is 436 g/mol. The average Bonchev–Trinajstić information content (AvgIpc) is 2.90. The topological polar surface area (TPSA) is 114 Å². The van der Waals surface area contributed by atoms with Gasteiger partial charge in [-0.05, 0) is 23.8 Å². The average molecular weight is 437 g/mol. The zero-order valence-corrected chi connectivity index (χ0v) is 17.2. The summed E-state index contributed by atoms with van der Waals surface area (Å²) in [7, 11) is 0. The summed E-state index contributed by atoms with van der Waals surface area (Å²) in [6.07, 6.45) is -1.17. The fourth-order valence-electron chi connectivity index (χ4n) is 4.54. The van der Waals surface area contributed by atoms with Crippen LogP contribution in [-0.2, 0) is 15.3 Å². The quantitative estimate of drug-likeness (QED) is 0.702. The lowest BCUT2D eigenvalue weighted by molar-refractivity contribution is -0.288. The lowest BCUT2D eigenvalue weighted by Crippen LogP contribution is -2.57. The van der Waals surface area contributed by atoms with E-state index in [9.17, 15) is 15.8 Å². The molecule has 2 heterocycles. The summed E-state index contributed by atoms with van der Waals surface area (Å²) in [5.41, 5.74) is -3.01. The molecule has 4 unspecified atom stereocenters. The third kappa shape index (κ3) is 2.23. The van der Waals surface area contributed by atoms with Crippen LogP contribution in [0.3, 0.4) is 0 Å². The first kappa shape index (κ1) is 20.2. The van der Waals surface area contributed by atoms with E-state index in [0.717, 1.165) is 0 Å². The Balaban J connectivity index is 2.07. The maximum absolute atomic E-state index is 10.3. The Morgan fingerprint density at radius 1 is 1.00 bits per heavy atom. The SMILES string of the molecule is CC1C2(c3ccc(Cl)cc3Cl)OC(=N)C1(C#N)C(C#N)(C#N)C(c1ccccc1)O2. The molecule has 0 saturated carbocycles. The predicted molar refractivity (Wildman–Crippen MR) is 108 cm³/mol. The minimum atomic E-state index is -2.02. The molecular weight excluding hydrogens is 423 g/mol. The van der Waals surface area contributed by atoms with Crippen molar-refractivity contribution in [3.8, 4) is 18.2 Å². The molecule has 0 aliphatic carbocycles. The maximum atomic E-state index is 10.3. The van der Waals surface area contributed by atoms with E-state index < -0.39 is 34.5 Å². The number of nitrogens with zero attached hydrogens (tertiary/aromatic N) is 3. The Hall–Kier alpha value is -3.08. The fourth-order valence-corrected chi connectivity index (χ4v) is 5.08. The van der Waals surface area contributed by atoms with Crippen LogP contribution in [0.15, 0.2) is 48.5 Å². The van der Waals surface area contributed by atoms with Gasteiger partial charge < -0.3 is 9.47 Å². The van der Waals surface area contributed by atoms with E-state index in [0.29, 0.717) is 16.1 Å². The fraction of sp³-hybridized carbons (Fsp3) is 0.273. The van der Waals surface area contributed by atoms with E-state index >= 15 is 0 Å². The van der Waals surface area contributed by atoms with Gasteiger partial charge in [0.25, 0.3) is 0 Å². The number of benzene rings is 2. The van der Waals surface area contributed by atoms with Gasteiger partial charge in [0.05, 0.1) is 29.1 Å². The number of nitriles is 3. The molecule has 1 N–H and O–H groups in total. The van der Waals surface area contributed by atoms with E-state index in [2.05, 4.69) is 6.07 Å². The first-order chi connectivity index (χ1) is 14.3. The summed E-state index contributed by atoms with van der Waals surface area (Å²) in [5, 5.41) is 39.8. The highest BCUT2D eigenvalue weighted by Crippen LogP contribution is 2.69. The number of rotatable bonds is 2. The number of hydrogen-bond acceptors (Lipinski definition) is 6. The van der Waals surface area contributed by atoms with E-state index in [1.807, 2.05) is 12.1 Å². The molecule has 0 spiro atoms. The summed E-state index contributed by atoms with van der Waals surface area (Å²) >= 11 is 12.5. The number of fused-ring (bicyclic) bond motifs is 2. The van der Waals surface area contributed by atoms with Gasteiger partial charge in [0, 0.05) is 10.6 Å². The molecule has 6 nitrogen and oxygen atoms in total. The molecule has 2 aliphatic rings. The zero-order chi connectivity index (χ0) is 21.7. The number of halogens is 2. The van der Waals surface area contributed by atoms with Crippen molar-refractivity contribution in [3.63, 3.8) is 0 Å². The van der Waals surface area contributed by atoms with Gasteiger partial charge >= 0.3 is 0 Å². The van der Waals surface area contributed by atoms with Crippen molar-refractivity contribution < 1.29 is 9.47 Å². The molecule has 0 amide bonds. The van der Waals surface area contributed by atoms with Gasteiger partial charge in [-0.3, -0.25) is 5.41 Å². The number of hydrogen-bond donors (Lipinski definition) is 1. The molecule has 2 saturated heterocycles. The van der Waals surface area contributed by atoms with Crippen LogP contribution in [0.5, 0.6) is 0 Å². The van der Waals surface area contributed by atoms with E-state index in [1.54, 1.807) is 49.4 Å². The molecule has 8 heteroatoms. The largest absolute Gasteiger partial charge is 0.443 e. The van der Waals surface area contributed by atoms with Crippen LogP contribution in [-0.4, -0.2) is 5.90 Å². The molecule has 0 radical (unpaired) electrons. The molecular formula is C22H14Cl2N4O2. The second-order valence-corrected chi connectivity index (χ2v) is 8.15. The Morgan fingerprint density at radius 3 is 2.23 bits per heavy atom. The van der Waals surface area contributed by atoms with Crippen molar-refractivity contribution in [3.05, 3.63) is 69.7 Å².